The second-order valence-corrected chi connectivity index (χ2v) is 5.34. The number of esters is 1. The van der Waals surface area contributed by atoms with Crippen LogP contribution in [0.4, 0.5) is 0 Å². The number of hydrogen-bond donors (Lipinski definition) is 1. The summed E-state index contributed by atoms with van der Waals surface area (Å²) in [5.74, 6) is -0.199. The maximum Gasteiger partial charge on any atom is 0.349 e. The average molecular weight is 304 g/mol. The van der Waals surface area contributed by atoms with E-state index in [4.69, 9.17) is 4.74 Å². The van der Waals surface area contributed by atoms with Crippen molar-refractivity contribution >= 4 is 39.1 Å². The third kappa shape index (κ3) is 2.62. The van der Waals surface area contributed by atoms with Gasteiger partial charge in [0.25, 0.3) is 0 Å². The van der Waals surface area contributed by atoms with Gasteiger partial charge in [-0.3, -0.25) is 4.79 Å². The first-order valence-corrected chi connectivity index (χ1v) is 6.51. The average Bonchev–Trinajstić information content (AvgIpc) is 2.84. The van der Waals surface area contributed by atoms with Crippen molar-refractivity contribution in [1.29, 1.82) is 0 Å². The summed E-state index contributed by atoms with van der Waals surface area (Å²) in [5.41, 5.74) is 0. The summed E-state index contributed by atoms with van der Waals surface area (Å²) >= 11 is 4.61. The minimum absolute atomic E-state index is 0.0263. The van der Waals surface area contributed by atoms with Crippen molar-refractivity contribution in [3.05, 3.63) is 20.8 Å². The van der Waals surface area contributed by atoms with E-state index >= 15 is 0 Å². The summed E-state index contributed by atoms with van der Waals surface area (Å²) in [4.78, 5) is 23.1. The molecule has 0 radical (unpaired) electrons. The highest BCUT2D eigenvalue weighted by Crippen LogP contribution is 2.23. The molecular weight excluding hydrogens is 294 g/mol. The van der Waals surface area contributed by atoms with E-state index in [1.165, 1.54) is 11.3 Å². The Morgan fingerprint density at radius 2 is 2.50 bits per heavy atom. The Morgan fingerprint density at radius 1 is 1.69 bits per heavy atom. The molecule has 1 atom stereocenters. The lowest BCUT2D eigenvalue weighted by molar-refractivity contribution is -0.119. The van der Waals surface area contributed by atoms with Gasteiger partial charge in [-0.1, -0.05) is 0 Å². The minimum Gasteiger partial charge on any atom is -0.461 e. The van der Waals surface area contributed by atoms with Crippen molar-refractivity contribution in [3.63, 3.8) is 0 Å². The minimum atomic E-state index is -0.332. The molecule has 1 aliphatic heterocycles. The van der Waals surface area contributed by atoms with Crippen molar-refractivity contribution in [1.82, 2.24) is 5.32 Å². The molecule has 6 heteroatoms. The van der Waals surface area contributed by atoms with Crippen molar-refractivity contribution < 1.29 is 14.3 Å². The molecule has 1 amide bonds. The third-order valence-electron chi connectivity index (χ3n) is 2.31. The first-order chi connectivity index (χ1) is 7.66. The Kier molecular flexibility index (Phi) is 3.60. The van der Waals surface area contributed by atoms with Crippen molar-refractivity contribution in [2.45, 2.75) is 6.42 Å². The second-order valence-electron chi connectivity index (χ2n) is 3.57. The molecule has 0 aromatic carbocycles. The number of amides is 1. The fraction of sp³-hybridized carbons (Fsp3) is 0.400. The standard InChI is InChI=1S/C10H10BrNO3S/c11-7-1-2-16-9(7)10(14)15-5-6-3-8(13)12-4-6/h1-2,6H,3-5H2,(H,12,13)/t6-/m0/s1. The van der Waals surface area contributed by atoms with E-state index in [9.17, 15) is 9.59 Å². The van der Waals surface area contributed by atoms with Crippen molar-refractivity contribution in [3.8, 4) is 0 Å². The zero-order valence-electron chi connectivity index (χ0n) is 8.36. The van der Waals surface area contributed by atoms with Gasteiger partial charge in [0.15, 0.2) is 0 Å². The predicted molar refractivity (Wildman–Crippen MR) is 63.4 cm³/mol. The molecule has 16 heavy (non-hydrogen) atoms. The van der Waals surface area contributed by atoms with E-state index in [0.29, 0.717) is 24.4 Å². The first kappa shape index (κ1) is 11.6. The topological polar surface area (TPSA) is 55.4 Å². The van der Waals surface area contributed by atoms with Crippen LogP contribution in [0.15, 0.2) is 15.9 Å². The largest absolute Gasteiger partial charge is 0.461 e. The zero-order valence-corrected chi connectivity index (χ0v) is 10.8. The highest BCUT2D eigenvalue weighted by atomic mass is 79.9. The monoisotopic (exact) mass is 303 g/mol. The van der Waals surface area contributed by atoms with Crippen LogP contribution in [0.2, 0.25) is 0 Å². The molecule has 1 aromatic heterocycles. The zero-order chi connectivity index (χ0) is 11.5. The lowest BCUT2D eigenvalue weighted by Crippen LogP contribution is -2.17. The number of nitrogens with one attached hydrogen (secondary N) is 1. The molecular formula is C10H10BrNO3S. The van der Waals surface area contributed by atoms with Gasteiger partial charge in [0.05, 0.1) is 6.61 Å². The highest BCUT2D eigenvalue weighted by Gasteiger charge is 2.23. The number of carbonyl (C=O) groups is 2. The number of ether oxygens (including phenoxy) is 1. The van der Waals surface area contributed by atoms with E-state index in [2.05, 4.69) is 21.2 Å². The SMILES string of the molecule is O=C1C[C@H](COC(=O)c2sccc2Br)CN1. The lowest BCUT2D eigenvalue weighted by Gasteiger charge is -2.07. The molecule has 86 valence electrons. The molecule has 4 nitrogen and oxygen atoms in total. The maximum absolute atomic E-state index is 11.6. The van der Waals surface area contributed by atoms with Gasteiger partial charge < -0.3 is 10.1 Å². The Labute approximate surface area is 105 Å². The quantitative estimate of drug-likeness (QED) is 0.866. The number of thiophene rings is 1. The molecule has 1 N–H and O–H groups in total. The lowest BCUT2D eigenvalue weighted by atomic mass is 10.1. The molecule has 1 aromatic rings. The molecule has 1 aliphatic rings. The van der Waals surface area contributed by atoms with E-state index in [0.717, 1.165) is 4.47 Å². The van der Waals surface area contributed by atoms with Crippen LogP contribution in [0.25, 0.3) is 0 Å². The van der Waals surface area contributed by atoms with Gasteiger partial charge >= 0.3 is 5.97 Å². The van der Waals surface area contributed by atoms with E-state index in [1.54, 1.807) is 0 Å². The summed E-state index contributed by atoms with van der Waals surface area (Å²) in [7, 11) is 0. The molecule has 0 aliphatic carbocycles. The fourth-order valence-corrected chi connectivity index (χ4v) is 2.91. The number of halogens is 1. The summed E-state index contributed by atoms with van der Waals surface area (Å²) in [5, 5.41) is 4.52. The Morgan fingerprint density at radius 3 is 3.06 bits per heavy atom. The molecule has 0 saturated carbocycles. The Balaban J connectivity index is 1.85. The summed E-state index contributed by atoms with van der Waals surface area (Å²) in [6.07, 6.45) is 0.443. The van der Waals surface area contributed by atoms with Gasteiger partial charge in [-0.25, -0.2) is 4.79 Å². The fourth-order valence-electron chi connectivity index (χ4n) is 1.48. The predicted octanol–water partition coefficient (Wildman–Crippen LogP) is 1.80. The summed E-state index contributed by atoms with van der Waals surface area (Å²) in [6, 6.07) is 1.81. The molecule has 1 fully saturated rings. The van der Waals surface area contributed by atoms with Gasteiger partial charge in [-0.15, -0.1) is 11.3 Å². The van der Waals surface area contributed by atoms with Gasteiger partial charge in [-0.2, -0.15) is 0 Å². The van der Waals surface area contributed by atoms with Gasteiger partial charge in [0, 0.05) is 23.4 Å². The van der Waals surface area contributed by atoms with Crippen LogP contribution >= 0.6 is 27.3 Å². The van der Waals surface area contributed by atoms with Crippen LogP contribution in [0.5, 0.6) is 0 Å². The Hall–Kier alpha value is -0.880. The van der Waals surface area contributed by atoms with Crippen LogP contribution in [0.1, 0.15) is 16.1 Å². The number of carbonyl (C=O) groups excluding carboxylic acids is 2. The molecule has 2 heterocycles. The Bertz CT molecular complexity index is 418. The first-order valence-electron chi connectivity index (χ1n) is 4.83. The van der Waals surface area contributed by atoms with Crippen LogP contribution in [-0.4, -0.2) is 25.0 Å². The van der Waals surface area contributed by atoms with E-state index in [1.807, 2.05) is 11.4 Å². The van der Waals surface area contributed by atoms with Crippen molar-refractivity contribution in [2.75, 3.05) is 13.2 Å². The number of hydrogen-bond acceptors (Lipinski definition) is 4. The number of rotatable bonds is 3. The molecule has 1 saturated heterocycles. The van der Waals surface area contributed by atoms with Crippen LogP contribution in [0.3, 0.4) is 0 Å². The molecule has 0 unspecified atom stereocenters. The van der Waals surface area contributed by atoms with Gasteiger partial charge in [0.1, 0.15) is 4.88 Å². The normalized spacial score (nSPS) is 19.6. The third-order valence-corrected chi connectivity index (χ3v) is 4.13. The van der Waals surface area contributed by atoms with Crippen LogP contribution in [-0.2, 0) is 9.53 Å². The van der Waals surface area contributed by atoms with Gasteiger partial charge in [0.2, 0.25) is 5.91 Å². The smallest absolute Gasteiger partial charge is 0.349 e. The van der Waals surface area contributed by atoms with E-state index < -0.39 is 0 Å². The second kappa shape index (κ2) is 4.97. The van der Waals surface area contributed by atoms with Crippen LogP contribution in [0, 0.1) is 5.92 Å². The van der Waals surface area contributed by atoms with E-state index in [-0.39, 0.29) is 17.8 Å². The molecule has 0 spiro atoms. The van der Waals surface area contributed by atoms with Crippen LogP contribution < -0.4 is 5.32 Å². The summed E-state index contributed by atoms with van der Waals surface area (Å²) in [6.45, 7) is 0.889. The maximum atomic E-state index is 11.6. The molecule has 2 rings (SSSR count). The summed E-state index contributed by atoms with van der Waals surface area (Å²) < 4.78 is 5.90. The van der Waals surface area contributed by atoms with Crippen molar-refractivity contribution in [2.24, 2.45) is 5.92 Å². The highest BCUT2D eigenvalue weighted by molar-refractivity contribution is 9.10. The van der Waals surface area contributed by atoms with Gasteiger partial charge in [-0.05, 0) is 27.4 Å². The molecule has 0 bridgehead atoms.